The van der Waals surface area contributed by atoms with Gasteiger partial charge in [0.1, 0.15) is 0 Å². The lowest BCUT2D eigenvalue weighted by Gasteiger charge is -2.14. The molecule has 0 aliphatic rings. The second kappa shape index (κ2) is 7.51. The maximum absolute atomic E-state index is 11.2. The lowest BCUT2D eigenvalue weighted by atomic mass is 9.95. The van der Waals surface area contributed by atoms with Crippen LogP contribution in [0.3, 0.4) is 0 Å². The normalized spacial score (nSPS) is 12.7. The molecule has 21 heavy (non-hydrogen) atoms. The molecule has 3 heteroatoms. The molecule has 2 nitrogen and oxygen atoms in total. The number of carboxylic acids is 1. The van der Waals surface area contributed by atoms with Crippen LogP contribution in [-0.4, -0.2) is 16.8 Å². The van der Waals surface area contributed by atoms with Gasteiger partial charge in [-0.2, -0.15) is 0 Å². The second-order valence-electron chi connectivity index (χ2n) is 5.81. The maximum atomic E-state index is 11.2. The molecule has 0 spiro atoms. The molecule has 0 heterocycles. The fourth-order valence-corrected chi connectivity index (χ4v) is 3.50. The minimum atomic E-state index is -0.664. The Hall–Kier alpha value is -1.48. The van der Waals surface area contributed by atoms with Crippen LogP contribution in [0.4, 0.5) is 0 Å². The molecular weight excluding hydrogens is 280 g/mol. The number of thioether (sulfide) groups is 1. The summed E-state index contributed by atoms with van der Waals surface area (Å²) in [5.74, 6) is 0.389. The van der Waals surface area contributed by atoms with Gasteiger partial charge in [-0.3, -0.25) is 4.79 Å². The van der Waals surface area contributed by atoms with Crippen molar-refractivity contribution in [3.63, 3.8) is 0 Å². The summed E-state index contributed by atoms with van der Waals surface area (Å²) in [6, 6.07) is 14.7. The Balaban J connectivity index is 1.93. The van der Waals surface area contributed by atoms with Gasteiger partial charge in [-0.1, -0.05) is 44.2 Å². The van der Waals surface area contributed by atoms with E-state index >= 15 is 0 Å². The van der Waals surface area contributed by atoms with Gasteiger partial charge in [0.2, 0.25) is 0 Å². The molecule has 1 atom stereocenters. The lowest BCUT2D eigenvalue weighted by Crippen LogP contribution is -2.16. The van der Waals surface area contributed by atoms with E-state index < -0.39 is 5.97 Å². The van der Waals surface area contributed by atoms with Crippen LogP contribution in [0.5, 0.6) is 0 Å². The summed E-state index contributed by atoms with van der Waals surface area (Å²) in [5, 5.41) is 11.7. The monoisotopic (exact) mass is 302 g/mol. The van der Waals surface area contributed by atoms with Crippen molar-refractivity contribution in [3.8, 4) is 0 Å². The molecule has 1 unspecified atom stereocenters. The molecule has 112 valence electrons. The zero-order chi connectivity index (χ0) is 15.2. The van der Waals surface area contributed by atoms with E-state index in [0.29, 0.717) is 5.92 Å². The predicted molar refractivity (Wildman–Crippen MR) is 89.9 cm³/mol. The minimum Gasteiger partial charge on any atom is -0.481 e. The number of fused-ring (bicyclic) bond motifs is 1. The SMILES string of the molecule is CC(C)CC(CCSc1ccc2ccccc2c1)C(=O)O. The Bertz CT molecular complexity index is 607. The minimum absolute atomic E-state index is 0.224. The van der Waals surface area contributed by atoms with Crippen LogP contribution >= 0.6 is 11.8 Å². The first-order valence-electron chi connectivity index (χ1n) is 7.40. The topological polar surface area (TPSA) is 37.3 Å². The summed E-state index contributed by atoms with van der Waals surface area (Å²) in [5.41, 5.74) is 0. The van der Waals surface area contributed by atoms with Crippen LogP contribution in [0, 0.1) is 11.8 Å². The first-order valence-corrected chi connectivity index (χ1v) is 8.39. The van der Waals surface area contributed by atoms with E-state index in [1.54, 1.807) is 11.8 Å². The fraction of sp³-hybridized carbons (Fsp3) is 0.389. The van der Waals surface area contributed by atoms with Crippen molar-refractivity contribution in [1.82, 2.24) is 0 Å². The predicted octanol–water partition coefficient (Wildman–Crippen LogP) is 5.07. The van der Waals surface area contributed by atoms with E-state index in [1.807, 2.05) is 12.1 Å². The van der Waals surface area contributed by atoms with Crippen molar-refractivity contribution >= 4 is 28.5 Å². The summed E-state index contributed by atoms with van der Waals surface area (Å²) in [6.07, 6.45) is 1.48. The largest absolute Gasteiger partial charge is 0.481 e. The number of benzene rings is 2. The smallest absolute Gasteiger partial charge is 0.306 e. The van der Waals surface area contributed by atoms with Gasteiger partial charge in [0.15, 0.2) is 0 Å². The van der Waals surface area contributed by atoms with Crippen LogP contribution in [0.1, 0.15) is 26.7 Å². The molecule has 1 N–H and O–H groups in total. The van der Waals surface area contributed by atoms with Crippen molar-refractivity contribution in [2.75, 3.05) is 5.75 Å². The number of carboxylic acid groups (broad SMARTS) is 1. The molecule has 0 saturated heterocycles. The van der Waals surface area contributed by atoms with Crippen molar-refractivity contribution < 1.29 is 9.90 Å². The number of hydrogen-bond donors (Lipinski definition) is 1. The Morgan fingerprint density at radius 2 is 1.86 bits per heavy atom. The standard InChI is InChI=1S/C18H22O2S/c1-13(2)11-16(18(19)20)9-10-21-17-8-7-14-5-3-4-6-15(14)12-17/h3-8,12-13,16H,9-11H2,1-2H3,(H,19,20). The summed E-state index contributed by atoms with van der Waals surface area (Å²) < 4.78 is 0. The van der Waals surface area contributed by atoms with Crippen LogP contribution in [0.2, 0.25) is 0 Å². The molecule has 0 radical (unpaired) electrons. The molecular formula is C18H22O2S. The molecule has 0 amide bonds. The number of aliphatic carboxylic acids is 1. The summed E-state index contributed by atoms with van der Waals surface area (Å²) in [4.78, 5) is 12.5. The fourth-order valence-electron chi connectivity index (χ4n) is 2.49. The summed E-state index contributed by atoms with van der Waals surface area (Å²) in [6.45, 7) is 4.15. The van der Waals surface area contributed by atoms with Gasteiger partial charge >= 0.3 is 5.97 Å². The molecule has 0 bridgehead atoms. The van der Waals surface area contributed by atoms with Gasteiger partial charge in [0, 0.05) is 4.90 Å². The summed E-state index contributed by atoms with van der Waals surface area (Å²) >= 11 is 1.74. The third-order valence-electron chi connectivity index (χ3n) is 3.56. The Kier molecular flexibility index (Phi) is 5.68. The van der Waals surface area contributed by atoms with Crippen LogP contribution in [0.25, 0.3) is 10.8 Å². The van der Waals surface area contributed by atoms with E-state index in [0.717, 1.165) is 18.6 Å². The first kappa shape index (κ1) is 15.9. The zero-order valence-corrected chi connectivity index (χ0v) is 13.4. The highest BCUT2D eigenvalue weighted by Gasteiger charge is 2.18. The third kappa shape index (κ3) is 4.78. The van der Waals surface area contributed by atoms with E-state index in [2.05, 4.69) is 44.2 Å². The highest BCUT2D eigenvalue weighted by atomic mass is 32.2. The van der Waals surface area contributed by atoms with Crippen molar-refractivity contribution in [3.05, 3.63) is 42.5 Å². The molecule has 0 aliphatic carbocycles. The van der Waals surface area contributed by atoms with Crippen molar-refractivity contribution in [2.45, 2.75) is 31.6 Å². The lowest BCUT2D eigenvalue weighted by molar-refractivity contribution is -0.142. The quantitative estimate of drug-likeness (QED) is 0.726. The van der Waals surface area contributed by atoms with Gasteiger partial charge in [0.25, 0.3) is 0 Å². The molecule has 0 aliphatic heterocycles. The number of rotatable bonds is 7. The van der Waals surface area contributed by atoms with Gasteiger partial charge in [-0.15, -0.1) is 11.8 Å². The molecule has 0 fully saturated rings. The highest BCUT2D eigenvalue weighted by Crippen LogP contribution is 2.26. The average molecular weight is 302 g/mol. The van der Waals surface area contributed by atoms with Gasteiger partial charge < -0.3 is 5.11 Å². The molecule has 2 rings (SSSR count). The molecule has 0 saturated carbocycles. The van der Waals surface area contributed by atoms with E-state index in [9.17, 15) is 9.90 Å². The Labute approximate surface area is 130 Å². The first-order chi connectivity index (χ1) is 10.1. The Morgan fingerprint density at radius 3 is 2.52 bits per heavy atom. The molecule has 0 aromatic heterocycles. The van der Waals surface area contributed by atoms with Crippen molar-refractivity contribution in [2.24, 2.45) is 11.8 Å². The molecule has 2 aromatic rings. The number of hydrogen-bond acceptors (Lipinski definition) is 2. The zero-order valence-electron chi connectivity index (χ0n) is 12.6. The maximum Gasteiger partial charge on any atom is 0.306 e. The highest BCUT2D eigenvalue weighted by molar-refractivity contribution is 7.99. The number of carbonyl (C=O) groups is 1. The van der Waals surface area contributed by atoms with Crippen molar-refractivity contribution in [1.29, 1.82) is 0 Å². The van der Waals surface area contributed by atoms with Crippen LogP contribution < -0.4 is 0 Å². The average Bonchev–Trinajstić information content (AvgIpc) is 2.45. The van der Waals surface area contributed by atoms with Crippen LogP contribution in [0.15, 0.2) is 47.4 Å². The third-order valence-corrected chi connectivity index (χ3v) is 4.59. The summed E-state index contributed by atoms with van der Waals surface area (Å²) in [7, 11) is 0. The van der Waals surface area contributed by atoms with Gasteiger partial charge in [0.05, 0.1) is 5.92 Å². The van der Waals surface area contributed by atoms with Gasteiger partial charge in [-0.25, -0.2) is 0 Å². The van der Waals surface area contributed by atoms with Crippen LogP contribution in [-0.2, 0) is 4.79 Å². The van der Waals surface area contributed by atoms with E-state index in [4.69, 9.17) is 0 Å². The second-order valence-corrected chi connectivity index (χ2v) is 6.98. The van der Waals surface area contributed by atoms with E-state index in [-0.39, 0.29) is 5.92 Å². The van der Waals surface area contributed by atoms with Gasteiger partial charge in [-0.05, 0) is 47.4 Å². The van der Waals surface area contributed by atoms with E-state index in [1.165, 1.54) is 15.7 Å². The molecule has 2 aromatic carbocycles. The Morgan fingerprint density at radius 1 is 1.14 bits per heavy atom.